The molecule has 2 aromatic carbocycles. The highest BCUT2D eigenvalue weighted by atomic mass is 35.5. The number of hydrogen-bond acceptors (Lipinski definition) is 4. The maximum atomic E-state index is 12.5. The van der Waals surface area contributed by atoms with Gasteiger partial charge in [-0.3, -0.25) is 4.79 Å². The Hall–Kier alpha value is -2.09. The van der Waals surface area contributed by atoms with Crippen molar-refractivity contribution in [1.29, 1.82) is 0 Å². The van der Waals surface area contributed by atoms with Crippen LogP contribution in [0, 0.1) is 0 Å². The summed E-state index contributed by atoms with van der Waals surface area (Å²) < 4.78 is 32.5. The first-order valence-corrected chi connectivity index (χ1v) is 9.91. The average molecular weight is 395 g/mol. The Kier molecular flexibility index (Phi) is 5.22. The fourth-order valence-electron chi connectivity index (χ4n) is 2.97. The van der Waals surface area contributed by atoms with Gasteiger partial charge in [0.2, 0.25) is 15.9 Å². The molecule has 26 heavy (non-hydrogen) atoms. The fraction of sp³-hybridized carbons (Fsp3) is 0.278. The Morgan fingerprint density at radius 1 is 1.27 bits per heavy atom. The fourth-order valence-corrected chi connectivity index (χ4v) is 4.33. The molecule has 0 bridgehead atoms. The Balaban J connectivity index is 1.74. The predicted octanol–water partition coefficient (Wildman–Crippen LogP) is 2.74. The van der Waals surface area contributed by atoms with Crippen LogP contribution < -0.4 is 14.4 Å². The van der Waals surface area contributed by atoms with Crippen LogP contribution in [0.25, 0.3) is 0 Å². The number of sulfonamides is 1. The summed E-state index contributed by atoms with van der Waals surface area (Å²) in [5.41, 5.74) is 2.77. The smallest absolute Gasteiger partial charge is 0.240 e. The molecule has 1 amide bonds. The summed E-state index contributed by atoms with van der Waals surface area (Å²) >= 11 is 6.01. The SMILES string of the molecule is COc1ccc(S(=O)(=O)NCc2ccc3c(c2)CCN3C(C)=O)cc1Cl. The second-order valence-corrected chi connectivity index (χ2v) is 8.18. The topological polar surface area (TPSA) is 75.7 Å². The quantitative estimate of drug-likeness (QED) is 0.846. The normalized spacial score (nSPS) is 13.6. The second kappa shape index (κ2) is 7.26. The molecule has 0 aromatic heterocycles. The summed E-state index contributed by atoms with van der Waals surface area (Å²) in [6.07, 6.45) is 0.767. The van der Waals surface area contributed by atoms with Gasteiger partial charge in [0.1, 0.15) is 5.75 Å². The summed E-state index contributed by atoms with van der Waals surface area (Å²) in [6.45, 7) is 2.35. The number of carbonyl (C=O) groups excluding carboxylic acids is 1. The molecule has 138 valence electrons. The highest BCUT2D eigenvalue weighted by molar-refractivity contribution is 7.89. The van der Waals surface area contributed by atoms with E-state index in [0.29, 0.717) is 12.3 Å². The van der Waals surface area contributed by atoms with Gasteiger partial charge in [-0.25, -0.2) is 13.1 Å². The molecule has 3 rings (SSSR count). The molecule has 0 spiro atoms. The van der Waals surface area contributed by atoms with Crippen LogP contribution in [-0.2, 0) is 27.8 Å². The maximum Gasteiger partial charge on any atom is 0.240 e. The molecule has 0 saturated carbocycles. The lowest BCUT2D eigenvalue weighted by Gasteiger charge is -2.15. The van der Waals surface area contributed by atoms with Gasteiger partial charge >= 0.3 is 0 Å². The van der Waals surface area contributed by atoms with Crippen LogP contribution >= 0.6 is 11.6 Å². The van der Waals surface area contributed by atoms with Crippen molar-refractivity contribution in [1.82, 2.24) is 4.72 Å². The van der Waals surface area contributed by atoms with Gasteiger partial charge in [-0.05, 0) is 41.8 Å². The lowest BCUT2D eigenvalue weighted by molar-refractivity contribution is -0.116. The first-order chi connectivity index (χ1) is 12.3. The van der Waals surface area contributed by atoms with Crippen LogP contribution in [0.5, 0.6) is 5.75 Å². The van der Waals surface area contributed by atoms with E-state index in [2.05, 4.69) is 4.72 Å². The number of ether oxygens (including phenoxy) is 1. The zero-order valence-electron chi connectivity index (χ0n) is 14.5. The van der Waals surface area contributed by atoms with Gasteiger partial charge in [0.05, 0.1) is 17.0 Å². The minimum absolute atomic E-state index is 0.00795. The molecule has 2 aromatic rings. The molecule has 0 saturated heterocycles. The Bertz CT molecular complexity index is 960. The van der Waals surface area contributed by atoms with Crippen molar-refractivity contribution in [3.63, 3.8) is 0 Å². The van der Waals surface area contributed by atoms with Crippen LogP contribution in [0.4, 0.5) is 5.69 Å². The average Bonchev–Trinajstić information content (AvgIpc) is 3.03. The van der Waals surface area contributed by atoms with Crippen LogP contribution in [0.15, 0.2) is 41.3 Å². The first kappa shape index (κ1) is 18.7. The summed E-state index contributed by atoms with van der Waals surface area (Å²) in [7, 11) is -2.23. The molecule has 8 heteroatoms. The van der Waals surface area contributed by atoms with Gasteiger partial charge in [0.25, 0.3) is 0 Å². The molecule has 0 unspecified atom stereocenters. The predicted molar refractivity (Wildman–Crippen MR) is 100 cm³/mol. The van der Waals surface area contributed by atoms with Crippen molar-refractivity contribution in [2.45, 2.75) is 24.8 Å². The van der Waals surface area contributed by atoms with E-state index < -0.39 is 10.0 Å². The van der Waals surface area contributed by atoms with Crippen molar-refractivity contribution < 1.29 is 17.9 Å². The summed E-state index contributed by atoms with van der Waals surface area (Å²) in [4.78, 5) is 13.4. The molecular formula is C18H19ClN2O4S. The number of fused-ring (bicyclic) bond motifs is 1. The first-order valence-electron chi connectivity index (χ1n) is 8.05. The number of methoxy groups -OCH3 is 1. The van der Waals surface area contributed by atoms with Gasteiger partial charge in [-0.2, -0.15) is 0 Å². The van der Waals surface area contributed by atoms with Crippen molar-refractivity contribution in [3.8, 4) is 5.75 Å². The van der Waals surface area contributed by atoms with Gasteiger partial charge in [-0.15, -0.1) is 0 Å². The molecule has 1 N–H and O–H groups in total. The third kappa shape index (κ3) is 3.70. The number of halogens is 1. The Morgan fingerprint density at radius 2 is 2.04 bits per heavy atom. The number of amides is 1. The summed E-state index contributed by atoms with van der Waals surface area (Å²) in [6, 6.07) is 9.93. The molecule has 0 fully saturated rings. The molecule has 1 aliphatic rings. The van der Waals surface area contributed by atoms with E-state index in [1.54, 1.807) is 4.90 Å². The van der Waals surface area contributed by atoms with Crippen molar-refractivity contribution in [2.75, 3.05) is 18.6 Å². The molecule has 1 heterocycles. The van der Waals surface area contributed by atoms with E-state index in [0.717, 1.165) is 23.2 Å². The number of rotatable bonds is 5. The van der Waals surface area contributed by atoms with E-state index in [-0.39, 0.29) is 22.4 Å². The largest absolute Gasteiger partial charge is 0.495 e. The van der Waals surface area contributed by atoms with Gasteiger partial charge in [0, 0.05) is 25.7 Å². The van der Waals surface area contributed by atoms with Crippen LogP contribution in [0.1, 0.15) is 18.1 Å². The minimum atomic E-state index is -3.70. The van der Waals surface area contributed by atoms with E-state index >= 15 is 0 Å². The van der Waals surface area contributed by atoms with Crippen molar-refractivity contribution in [3.05, 3.63) is 52.5 Å². The molecule has 0 atom stereocenters. The van der Waals surface area contributed by atoms with Crippen LogP contribution in [-0.4, -0.2) is 28.0 Å². The maximum absolute atomic E-state index is 12.5. The van der Waals surface area contributed by atoms with Crippen LogP contribution in [0.3, 0.4) is 0 Å². The van der Waals surface area contributed by atoms with E-state index in [9.17, 15) is 13.2 Å². The van der Waals surface area contributed by atoms with Gasteiger partial charge < -0.3 is 9.64 Å². The molecule has 0 aliphatic carbocycles. The molecule has 0 radical (unpaired) electrons. The van der Waals surface area contributed by atoms with Gasteiger partial charge in [0.15, 0.2) is 0 Å². The summed E-state index contributed by atoms with van der Waals surface area (Å²) in [5, 5.41) is 0.234. The zero-order valence-corrected chi connectivity index (χ0v) is 16.0. The van der Waals surface area contributed by atoms with Gasteiger partial charge in [-0.1, -0.05) is 23.7 Å². The molecule has 1 aliphatic heterocycles. The standard InChI is InChI=1S/C18H19ClN2O4S/c1-12(22)21-8-7-14-9-13(3-5-17(14)21)11-20-26(23,24)15-4-6-18(25-2)16(19)10-15/h3-6,9-10,20H,7-8,11H2,1-2H3. The number of anilines is 1. The van der Waals surface area contributed by atoms with Crippen LogP contribution in [0.2, 0.25) is 5.02 Å². The lowest BCUT2D eigenvalue weighted by atomic mass is 10.1. The number of hydrogen-bond donors (Lipinski definition) is 1. The van der Waals surface area contributed by atoms with E-state index in [4.69, 9.17) is 16.3 Å². The summed E-state index contributed by atoms with van der Waals surface area (Å²) in [5.74, 6) is 0.424. The molecule has 6 nitrogen and oxygen atoms in total. The Morgan fingerprint density at radius 3 is 2.69 bits per heavy atom. The van der Waals surface area contributed by atoms with Crippen molar-refractivity contribution >= 4 is 33.2 Å². The monoisotopic (exact) mass is 394 g/mol. The lowest BCUT2D eigenvalue weighted by Crippen LogP contribution is -2.25. The Labute approximate surface area is 157 Å². The van der Waals surface area contributed by atoms with Crippen molar-refractivity contribution in [2.24, 2.45) is 0 Å². The number of benzene rings is 2. The highest BCUT2D eigenvalue weighted by Gasteiger charge is 2.22. The third-order valence-corrected chi connectivity index (χ3v) is 6.01. The van der Waals surface area contributed by atoms with E-state index in [1.807, 2.05) is 18.2 Å². The second-order valence-electron chi connectivity index (χ2n) is 6.00. The number of nitrogens with zero attached hydrogens (tertiary/aromatic N) is 1. The third-order valence-electron chi connectivity index (χ3n) is 4.32. The minimum Gasteiger partial charge on any atom is -0.495 e. The molecular weight excluding hydrogens is 376 g/mol. The highest BCUT2D eigenvalue weighted by Crippen LogP contribution is 2.29. The number of nitrogens with one attached hydrogen (secondary N) is 1. The zero-order chi connectivity index (χ0) is 18.9. The number of carbonyl (C=O) groups is 1. The van der Waals surface area contributed by atoms with E-state index in [1.165, 1.54) is 32.2 Å².